The minimum Gasteiger partial charge on any atom is -0.373 e. The van der Waals surface area contributed by atoms with E-state index in [1.807, 2.05) is 20.9 Å². The number of rotatable bonds is 5. The Hall–Kier alpha value is -1.32. The molecule has 0 aliphatic rings. The zero-order chi connectivity index (χ0) is 12.1. The molecule has 1 aromatic heterocycles. The fourth-order valence-corrected chi connectivity index (χ4v) is 1.70. The Morgan fingerprint density at radius 1 is 1.06 bits per heavy atom. The van der Waals surface area contributed by atoms with Crippen LogP contribution in [0.1, 0.15) is 38.1 Å². The van der Waals surface area contributed by atoms with E-state index in [2.05, 4.69) is 34.4 Å². The third kappa shape index (κ3) is 2.84. The van der Waals surface area contributed by atoms with Gasteiger partial charge in [-0.3, -0.25) is 0 Å². The molecule has 0 aliphatic heterocycles. The molecule has 16 heavy (non-hydrogen) atoms. The Kier molecular flexibility index (Phi) is 4.52. The number of aryl methyl sites for hydroxylation is 1. The van der Waals surface area contributed by atoms with E-state index >= 15 is 0 Å². The predicted molar refractivity (Wildman–Crippen MR) is 69.0 cm³/mol. The standard InChI is InChI=1S/C12H22N4/c1-6-10(7-2)16-12-8(3)11(13-5)14-9(4)15-12/h10H,6-7H2,1-5H3,(H2,13,14,15,16). The largest absolute Gasteiger partial charge is 0.373 e. The van der Waals surface area contributed by atoms with Crippen LogP contribution in [-0.4, -0.2) is 23.1 Å². The van der Waals surface area contributed by atoms with Crippen molar-refractivity contribution in [2.75, 3.05) is 17.7 Å². The van der Waals surface area contributed by atoms with Crippen molar-refractivity contribution in [2.24, 2.45) is 0 Å². The van der Waals surface area contributed by atoms with Crippen molar-refractivity contribution in [3.63, 3.8) is 0 Å². The third-order valence-electron chi connectivity index (χ3n) is 2.82. The van der Waals surface area contributed by atoms with Crippen LogP contribution in [0, 0.1) is 13.8 Å². The van der Waals surface area contributed by atoms with Crippen LogP contribution in [0.15, 0.2) is 0 Å². The first-order valence-corrected chi connectivity index (χ1v) is 5.91. The van der Waals surface area contributed by atoms with Crippen molar-refractivity contribution in [1.82, 2.24) is 9.97 Å². The lowest BCUT2D eigenvalue weighted by molar-refractivity contribution is 0.667. The molecule has 0 fully saturated rings. The highest BCUT2D eigenvalue weighted by Crippen LogP contribution is 2.20. The zero-order valence-electron chi connectivity index (χ0n) is 10.9. The third-order valence-corrected chi connectivity index (χ3v) is 2.82. The number of hydrogen-bond donors (Lipinski definition) is 2. The van der Waals surface area contributed by atoms with Gasteiger partial charge in [0.05, 0.1) is 0 Å². The summed E-state index contributed by atoms with van der Waals surface area (Å²) in [5.74, 6) is 2.65. The van der Waals surface area contributed by atoms with Gasteiger partial charge >= 0.3 is 0 Å². The molecule has 2 N–H and O–H groups in total. The molecule has 0 aliphatic carbocycles. The molecule has 0 saturated carbocycles. The van der Waals surface area contributed by atoms with Crippen LogP contribution < -0.4 is 10.6 Å². The smallest absolute Gasteiger partial charge is 0.134 e. The minimum absolute atomic E-state index is 0.484. The Morgan fingerprint density at radius 3 is 2.12 bits per heavy atom. The lowest BCUT2D eigenvalue weighted by atomic mass is 10.1. The van der Waals surface area contributed by atoms with Gasteiger partial charge in [0.2, 0.25) is 0 Å². The fourth-order valence-electron chi connectivity index (χ4n) is 1.70. The zero-order valence-corrected chi connectivity index (χ0v) is 10.9. The molecule has 0 bridgehead atoms. The molecule has 1 heterocycles. The average molecular weight is 222 g/mol. The Labute approximate surface area is 97.9 Å². The van der Waals surface area contributed by atoms with Crippen LogP contribution in [0.4, 0.5) is 11.6 Å². The second-order valence-corrected chi connectivity index (χ2v) is 4.00. The van der Waals surface area contributed by atoms with Crippen molar-refractivity contribution in [1.29, 1.82) is 0 Å². The van der Waals surface area contributed by atoms with E-state index in [9.17, 15) is 0 Å². The maximum atomic E-state index is 4.45. The first kappa shape index (κ1) is 12.7. The van der Waals surface area contributed by atoms with Gasteiger partial charge < -0.3 is 10.6 Å². The van der Waals surface area contributed by atoms with E-state index < -0.39 is 0 Å². The molecule has 0 aromatic carbocycles. The molecule has 4 heteroatoms. The van der Waals surface area contributed by atoms with Gasteiger partial charge in [-0.1, -0.05) is 13.8 Å². The van der Waals surface area contributed by atoms with Crippen molar-refractivity contribution in [3.8, 4) is 0 Å². The molecule has 0 amide bonds. The molecule has 90 valence electrons. The highest BCUT2D eigenvalue weighted by Gasteiger charge is 2.10. The summed E-state index contributed by atoms with van der Waals surface area (Å²) in [6.45, 7) is 8.32. The normalized spacial score (nSPS) is 10.6. The summed E-state index contributed by atoms with van der Waals surface area (Å²) in [5.41, 5.74) is 1.08. The Bertz CT molecular complexity index is 345. The highest BCUT2D eigenvalue weighted by molar-refractivity contribution is 5.57. The monoisotopic (exact) mass is 222 g/mol. The van der Waals surface area contributed by atoms with Gasteiger partial charge in [-0.05, 0) is 26.7 Å². The summed E-state index contributed by atoms with van der Waals surface area (Å²) in [6, 6.07) is 0.484. The van der Waals surface area contributed by atoms with E-state index in [4.69, 9.17) is 0 Å². The molecule has 0 atom stereocenters. The lowest BCUT2D eigenvalue weighted by Crippen LogP contribution is -2.19. The van der Waals surface area contributed by atoms with Crippen molar-refractivity contribution >= 4 is 11.6 Å². The van der Waals surface area contributed by atoms with Gasteiger partial charge in [-0.2, -0.15) is 0 Å². The number of aromatic nitrogens is 2. The van der Waals surface area contributed by atoms with Gasteiger partial charge in [-0.25, -0.2) is 9.97 Å². The predicted octanol–water partition coefficient (Wildman–Crippen LogP) is 2.74. The number of nitrogens with one attached hydrogen (secondary N) is 2. The second-order valence-electron chi connectivity index (χ2n) is 4.00. The number of nitrogens with zero attached hydrogens (tertiary/aromatic N) is 2. The molecular formula is C12H22N4. The molecule has 0 radical (unpaired) electrons. The summed E-state index contributed by atoms with van der Waals surface area (Å²) >= 11 is 0. The van der Waals surface area contributed by atoms with Crippen molar-refractivity contribution in [2.45, 2.75) is 46.6 Å². The number of anilines is 2. The van der Waals surface area contributed by atoms with Crippen LogP contribution in [0.2, 0.25) is 0 Å². The maximum absolute atomic E-state index is 4.45. The maximum Gasteiger partial charge on any atom is 0.134 e. The second kappa shape index (κ2) is 5.68. The fraction of sp³-hybridized carbons (Fsp3) is 0.667. The van der Waals surface area contributed by atoms with Crippen LogP contribution in [0.25, 0.3) is 0 Å². The average Bonchev–Trinajstić information content (AvgIpc) is 2.29. The van der Waals surface area contributed by atoms with Crippen molar-refractivity contribution in [3.05, 3.63) is 11.4 Å². The van der Waals surface area contributed by atoms with Crippen molar-refractivity contribution < 1.29 is 0 Å². The van der Waals surface area contributed by atoms with Crippen LogP contribution in [0.3, 0.4) is 0 Å². The molecule has 4 nitrogen and oxygen atoms in total. The minimum atomic E-state index is 0.484. The molecule has 1 aromatic rings. The van der Waals surface area contributed by atoms with Gasteiger partial charge in [0.1, 0.15) is 17.5 Å². The molecule has 1 rings (SSSR count). The van der Waals surface area contributed by atoms with Gasteiger partial charge in [0.15, 0.2) is 0 Å². The first-order chi connectivity index (χ1) is 7.62. The summed E-state index contributed by atoms with van der Waals surface area (Å²) < 4.78 is 0. The summed E-state index contributed by atoms with van der Waals surface area (Å²) in [4.78, 5) is 8.80. The van der Waals surface area contributed by atoms with E-state index in [1.54, 1.807) is 0 Å². The molecular weight excluding hydrogens is 200 g/mol. The summed E-state index contributed by atoms with van der Waals surface area (Å²) in [6.07, 6.45) is 2.21. The topological polar surface area (TPSA) is 49.8 Å². The van der Waals surface area contributed by atoms with Crippen LogP contribution >= 0.6 is 0 Å². The van der Waals surface area contributed by atoms with E-state index in [1.165, 1.54) is 0 Å². The lowest BCUT2D eigenvalue weighted by Gasteiger charge is -2.18. The van der Waals surface area contributed by atoms with Gasteiger partial charge in [-0.15, -0.1) is 0 Å². The molecule has 0 spiro atoms. The van der Waals surface area contributed by atoms with Gasteiger partial charge in [0, 0.05) is 18.7 Å². The van der Waals surface area contributed by atoms with E-state index in [0.717, 1.165) is 35.9 Å². The van der Waals surface area contributed by atoms with Crippen LogP contribution in [0.5, 0.6) is 0 Å². The Balaban J connectivity index is 2.98. The first-order valence-electron chi connectivity index (χ1n) is 5.91. The quantitative estimate of drug-likeness (QED) is 0.804. The van der Waals surface area contributed by atoms with E-state index in [0.29, 0.717) is 6.04 Å². The molecule has 0 saturated heterocycles. The summed E-state index contributed by atoms with van der Waals surface area (Å²) in [7, 11) is 1.88. The molecule has 0 unspecified atom stereocenters. The number of hydrogen-bond acceptors (Lipinski definition) is 4. The van der Waals surface area contributed by atoms with Crippen LogP contribution in [-0.2, 0) is 0 Å². The van der Waals surface area contributed by atoms with E-state index in [-0.39, 0.29) is 0 Å². The summed E-state index contributed by atoms with van der Waals surface area (Å²) in [5, 5.41) is 6.57. The SMILES string of the molecule is CCC(CC)Nc1nc(C)nc(NC)c1C. The van der Waals surface area contributed by atoms with Gasteiger partial charge in [0.25, 0.3) is 0 Å². The highest BCUT2D eigenvalue weighted by atomic mass is 15.1. The Morgan fingerprint density at radius 2 is 1.62 bits per heavy atom.